The van der Waals surface area contributed by atoms with Crippen molar-refractivity contribution in [2.75, 3.05) is 5.32 Å². The summed E-state index contributed by atoms with van der Waals surface area (Å²) < 4.78 is 5.68. The molecule has 152 valence electrons. The lowest BCUT2D eigenvalue weighted by molar-refractivity contribution is -0.138. The standard InChI is InChI=1S/C23H26N2O4/c1-4-23(14-13-20(26)25-22(23)28)17-7-9-18(10-8-17)24-21(27)16(3)29-19-11-5-15(2)6-12-19/h5-12,16H,4,13-14H2,1-3H3,(H,24,27)(H,25,26,28). The molecular weight excluding hydrogens is 368 g/mol. The van der Waals surface area contributed by atoms with E-state index in [-0.39, 0.29) is 17.7 Å². The summed E-state index contributed by atoms with van der Waals surface area (Å²) in [6.45, 7) is 5.62. The summed E-state index contributed by atoms with van der Waals surface area (Å²) in [5.74, 6) is -0.112. The van der Waals surface area contributed by atoms with Crippen molar-refractivity contribution in [3.8, 4) is 5.75 Å². The van der Waals surface area contributed by atoms with E-state index in [9.17, 15) is 14.4 Å². The van der Waals surface area contributed by atoms with Crippen LogP contribution in [0.15, 0.2) is 48.5 Å². The number of carbonyl (C=O) groups is 3. The molecule has 3 rings (SSSR count). The second-order valence-electron chi connectivity index (χ2n) is 7.45. The highest BCUT2D eigenvalue weighted by atomic mass is 16.5. The van der Waals surface area contributed by atoms with E-state index in [4.69, 9.17) is 4.74 Å². The lowest BCUT2D eigenvalue weighted by atomic mass is 9.72. The Balaban J connectivity index is 1.66. The predicted molar refractivity (Wildman–Crippen MR) is 111 cm³/mol. The van der Waals surface area contributed by atoms with Crippen molar-refractivity contribution in [2.24, 2.45) is 0 Å². The van der Waals surface area contributed by atoms with Gasteiger partial charge < -0.3 is 10.1 Å². The van der Waals surface area contributed by atoms with Crippen molar-refractivity contribution in [1.29, 1.82) is 0 Å². The van der Waals surface area contributed by atoms with E-state index < -0.39 is 11.5 Å². The molecule has 1 aliphatic rings. The number of aryl methyl sites for hydroxylation is 1. The van der Waals surface area contributed by atoms with Crippen molar-refractivity contribution in [2.45, 2.75) is 51.6 Å². The van der Waals surface area contributed by atoms with E-state index in [1.165, 1.54) is 0 Å². The fraction of sp³-hybridized carbons (Fsp3) is 0.348. The maximum atomic E-state index is 12.5. The Bertz CT molecular complexity index is 905. The third-order valence-corrected chi connectivity index (χ3v) is 5.48. The van der Waals surface area contributed by atoms with E-state index in [0.29, 0.717) is 30.7 Å². The van der Waals surface area contributed by atoms with Crippen LogP contribution in [0.3, 0.4) is 0 Å². The number of anilines is 1. The van der Waals surface area contributed by atoms with Crippen LogP contribution in [0.1, 0.15) is 44.2 Å². The van der Waals surface area contributed by atoms with E-state index in [1.807, 2.05) is 50.2 Å². The monoisotopic (exact) mass is 394 g/mol. The quantitative estimate of drug-likeness (QED) is 0.735. The minimum absolute atomic E-state index is 0.231. The molecule has 2 unspecified atom stereocenters. The van der Waals surface area contributed by atoms with Crippen LogP contribution in [0, 0.1) is 6.92 Å². The van der Waals surface area contributed by atoms with Crippen LogP contribution in [0.2, 0.25) is 0 Å². The number of ether oxygens (including phenoxy) is 1. The Kier molecular flexibility index (Phi) is 6.01. The van der Waals surface area contributed by atoms with Crippen LogP contribution in [0.4, 0.5) is 5.69 Å². The Hall–Kier alpha value is -3.15. The molecular formula is C23H26N2O4. The maximum Gasteiger partial charge on any atom is 0.265 e. The van der Waals surface area contributed by atoms with E-state index >= 15 is 0 Å². The Labute approximate surface area is 170 Å². The molecule has 0 spiro atoms. The van der Waals surface area contributed by atoms with Crippen molar-refractivity contribution >= 4 is 23.4 Å². The number of hydrogen-bond acceptors (Lipinski definition) is 4. The van der Waals surface area contributed by atoms with Crippen LogP contribution in [-0.4, -0.2) is 23.8 Å². The van der Waals surface area contributed by atoms with Crippen LogP contribution in [0.25, 0.3) is 0 Å². The summed E-state index contributed by atoms with van der Waals surface area (Å²) in [6.07, 6.45) is 0.751. The Morgan fingerprint density at radius 3 is 2.38 bits per heavy atom. The highest BCUT2D eigenvalue weighted by Gasteiger charge is 2.42. The lowest BCUT2D eigenvalue weighted by Gasteiger charge is -2.35. The first kappa shape index (κ1) is 20.6. The van der Waals surface area contributed by atoms with Crippen molar-refractivity contribution in [3.05, 3.63) is 59.7 Å². The number of imide groups is 1. The van der Waals surface area contributed by atoms with Crippen LogP contribution in [0.5, 0.6) is 5.75 Å². The molecule has 0 aliphatic carbocycles. The lowest BCUT2D eigenvalue weighted by Crippen LogP contribution is -2.51. The number of carbonyl (C=O) groups excluding carboxylic acids is 3. The Morgan fingerprint density at radius 2 is 1.79 bits per heavy atom. The molecule has 6 nitrogen and oxygen atoms in total. The molecule has 2 aromatic carbocycles. The van der Waals surface area contributed by atoms with Gasteiger partial charge in [-0.25, -0.2) is 0 Å². The maximum absolute atomic E-state index is 12.5. The third-order valence-electron chi connectivity index (χ3n) is 5.48. The van der Waals surface area contributed by atoms with Gasteiger partial charge in [0.15, 0.2) is 6.10 Å². The van der Waals surface area contributed by atoms with Crippen molar-refractivity contribution in [3.63, 3.8) is 0 Å². The summed E-state index contributed by atoms with van der Waals surface area (Å²) in [6, 6.07) is 14.7. The summed E-state index contributed by atoms with van der Waals surface area (Å²) in [5.41, 5.74) is 1.87. The molecule has 3 amide bonds. The molecule has 1 heterocycles. The van der Waals surface area contributed by atoms with Crippen LogP contribution >= 0.6 is 0 Å². The number of nitrogens with one attached hydrogen (secondary N) is 2. The summed E-state index contributed by atoms with van der Waals surface area (Å²) >= 11 is 0. The van der Waals surface area contributed by atoms with E-state index in [2.05, 4.69) is 10.6 Å². The van der Waals surface area contributed by atoms with Gasteiger partial charge >= 0.3 is 0 Å². The summed E-state index contributed by atoms with van der Waals surface area (Å²) in [7, 11) is 0. The van der Waals surface area contributed by atoms with Gasteiger partial charge in [-0.3, -0.25) is 19.7 Å². The number of benzene rings is 2. The van der Waals surface area contributed by atoms with Crippen LogP contribution in [-0.2, 0) is 19.8 Å². The highest BCUT2D eigenvalue weighted by Crippen LogP contribution is 2.36. The van der Waals surface area contributed by atoms with Gasteiger partial charge in [0.2, 0.25) is 11.8 Å². The molecule has 1 saturated heterocycles. The smallest absolute Gasteiger partial charge is 0.265 e. The number of amides is 3. The molecule has 0 bridgehead atoms. The van der Waals surface area contributed by atoms with E-state index in [1.54, 1.807) is 19.1 Å². The van der Waals surface area contributed by atoms with Crippen molar-refractivity contribution < 1.29 is 19.1 Å². The average molecular weight is 394 g/mol. The highest BCUT2D eigenvalue weighted by molar-refractivity contribution is 6.03. The summed E-state index contributed by atoms with van der Waals surface area (Å²) in [5, 5.41) is 5.28. The number of piperidine rings is 1. The minimum Gasteiger partial charge on any atom is -0.481 e. The first-order valence-corrected chi connectivity index (χ1v) is 9.83. The first-order chi connectivity index (χ1) is 13.8. The molecule has 29 heavy (non-hydrogen) atoms. The largest absolute Gasteiger partial charge is 0.481 e. The molecule has 1 fully saturated rings. The molecule has 2 N–H and O–H groups in total. The van der Waals surface area contributed by atoms with Gasteiger partial charge in [0.25, 0.3) is 5.91 Å². The van der Waals surface area contributed by atoms with Gasteiger partial charge in [0.05, 0.1) is 5.41 Å². The minimum atomic E-state index is -0.710. The second kappa shape index (κ2) is 8.47. The number of hydrogen-bond donors (Lipinski definition) is 2. The van der Waals surface area contributed by atoms with Gasteiger partial charge in [-0.15, -0.1) is 0 Å². The second-order valence-corrected chi connectivity index (χ2v) is 7.45. The van der Waals surface area contributed by atoms with Gasteiger partial charge in [0, 0.05) is 12.1 Å². The number of rotatable bonds is 6. The molecule has 6 heteroatoms. The topological polar surface area (TPSA) is 84.5 Å². The fourth-order valence-corrected chi connectivity index (χ4v) is 3.56. The predicted octanol–water partition coefficient (Wildman–Crippen LogP) is 3.49. The SMILES string of the molecule is CCC1(c2ccc(NC(=O)C(C)Oc3ccc(C)cc3)cc2)CCC(=O)NC1=O. The molecule has 0 radical (unpaired) electrons. The Morgan fingerprint density at radius 1 is 1.14 bits per heavy atom. The van der Waals surface area contributed by atoms with Crippen molar-refractivity contribution in [1.82, 2.24) is 5.32 Å². The normalized spacial score (nSPS) is 20.0. The fourth-order valence-electron chi connectivity index (χ4n) is 3.56. The third kappa shape index (κ3) is 4.47. The molecule has 0 saturated carbocycles. The zero-order valence-electron chi connectivity index (χ0n) is 17.0. The van der Waals surface area contributed by atoms with Gasteiger partial charge in [-0.05, 0) is 56.5 Å². The van der Waals surface area contributed by atoms with Gasteiger partial charge in [0.1, 0.15) is 5.75 Å². The molecule has 1 aliphatic heterocycles. The zero-order chi connectivity index (χ0) is 21.0. The van der Waals surface area contributed by atoms with E-state index in [0.717, 1.165) is 11.1 Å². The molecule has 2 atom stereocenters. The summed E-state index contributed by atoms with van der Waals surface area (Å²) in [4.78, 5) is 36.4. The molecule has 0 aromatic heterocycles. The van der Waals surface area contributed by atoms with Gasteiger partial charge in [-0.1, -0.05) is 36.8 Å². The van der Waals surface area contributed by atoms with Gasteiger partial charge in [-0.2, -0.15) is 0 Å². The first-order valence-electron chi connectivity index (χ1n) is 9.83. The molecule has 2 aromatic rings. The average Bonchev–Trinajstić information content (AvgIpc) is 2.71. The zero-order valence-corrected chi connectivity index (χ0v) is 17.0. The van der Waals surface area contributed by atoms with Crippen LogP contribution < -0.4 is 15.4 Å².